The maximum absolute atomic E-state index is 11.7. The molecule has 0 aliphatic rings. The molecule has 0 aliphatic heterocycles. The Hall–Kier alpha value is -1.59. The van der Waals surface area contributed by atoms with Crippen molar-refractivity contribution < 1.29 is 4.79 Å². The maximum atomic E-state index is 11.7. The van der Waals surface area contributed by atoms with Crippen molar-refractivity contribution in [2.45, 2.75) is 5.16 Å². The van der Waals surface area contributed by atoms with E-state index in [0.717, 1.165) is 5.69 Å². The van der Waals surface area contributed by atoms with Gasteiger partial charge in [-0.2, -0.15) is 0 Å². The predicted molar refractivity (Wildman–Crippen MR) is 72.8 cm³/mol. The van der Waals surface area contributed by atoms with Gasteiger partial charge in [0, 0.05) is 23.1 Å². The van der Waals surface area contributed by atoms with Crippen molar-refractivity contribution in [3.63, 3.8) is 0 Å². The van der Waals surface area contributed by atoms with Crippen molar-refractivity contribution in [3.8, 4) is 0 Å². The number of amides is 1. The second-order valence-corrected chi connectivity index (χ2v) is 4.75. The van der Waals surface area contributed by atoms with E-state index in [9.17, 15) is 4.79 Å². The number of anilines is 1. The molecular weight excluding hydrogens is 270 g/mol. The lowest BCUT2D eigenvalue weighted by Gasteiger charge is -2.04. The molecule has 0 bridgehead atoms. The SMILES string of the molecule is O=C(CSc1ncccn1)Nc1ccc(Cl)cc1. The van der Waals surface area contributed by atoms with E-state index in [1.807, 2.05) is 0 Å². The topological polar surface area (TPSA) is 54.9 Å². The van der Waals surface area contributed by atoms with E-state index >= 15 is 0 Å². The van der Waals surface area contributed by atoms with E-state index < -0.39 is 0 Å². The Bertz CT molecular complexity index is 519. The minimum atomic E-state index is -0.102. The van der Waals surface area contributed by atoms with Crippen LogP contribution in [-0.4, -0.2) is 21.6 Å². The highest BCUT2D eigenvalue weighted by Gasteiger charge is 2.04. The number of hydrogen-bond acceptors (Lipinski definition) is 4. The number of nitrogens with zero attached hydrogens (tertiary/aromatic N) is 2. The van der Waals surface area contributed by atoms with Gasteiger partial charge in [-0.15, -0.1) is 0 Å². The van der Waals surface area contributed by atoms with Gasteiger partial charge in [0.15, 0.2) is 5.16 Å². The van der Waals surface area contributed by atoms with Gasteiger partial charge in [0.25, 0.3) is 0 Å². The first-order valence-corrected chi connectivity index (χ1v) is 6.55. The number of halogens is 1. The first-order chi connectivity index (χ1) is 8.74. The van der Waals surface area contributed by atoms with E-state index in [2.05, 4.69) is 15.3 Å². The minimum Gasteiger partial charge on any atom is -0.325 e. The van der Waals surface area contributed by atoms with Crippen LogP contribution in [0.15, 0.2) is 47.9 Å². The molecule has 4 nitrogen and oxygen atoms in total. The third-order valence-corrected chi connectivity index (χ3v) is 3.13. The third-order valence-electron chi connectivity index (χ3n) is 2.00. The van der Waals surface area contributed by atoms with Crippen molar-refractivity contribution in [2.75, 3.05) is 11.1 Å². The highest BCUT2D eigenvalue weighted by molar-refractivity contribution is 7.99. The fourth-order valence-electron chi connectivity index (χ4n) is 1.22. The molecule has 1 aromatic heterocycles. The normalized spacial score (nSPS) is 10.1. The number of thioether (sulfide) groups is 1. The fourth-order valence-corrected chi connectivity index (χ4v) is 1.95. The molecule has 1 N–H and O–H groups in total. The van der Waals surface area contributed by atoms with Crippen LogP contribution in [0.1, 0.15) is 0 Å². The average Bonchev–Trinajstić information content (AvgIpc) is 2.40. The Labute approximate surface area is 114 Å². The second kappa shape index (κ2) is 6.37. The number of carbonyl (C=O) groups excluding carboxylic acids is 1. The summed E-state index contributed by atoms with van der Waals surface area (Å²) >= 11 is 7.05. The molecule has 0 unspecified atom stereocenters. The van der Waals surface area contributed by atoms with Gasteiger partial charge in [0.2, 0.25) is 5.91 Å². The fraction of sp³-hybridized carbons (Fsp3) is 0.0833. The monoisotopic (exact) mass is 279 g/mol. The van der Waals surface area contributed by atoms with Gasteiger partial charge in [-0.1, -0.05) is 23.4 Å². The lowest BCUT2D eigenvalue weighted by molar-refractivity contribution is -0.113. The predicted octanol–water partition coefficient (Wildman–Crippen LogP) is 2.86. The standard InChI is InChI=1S/C12H10ClN3OS/c13-9-2-4-10(5-3-9)16-11(17)8-18-12-14-6-1-7-15-12/h1-7H,8H2,(H,16,17). The zero-order valence-electron chi connectivity index (χ0n) is 9.34. The first kappa shape index (κ1) is 12.9. The number of carbonyl (C=O) groups is 1. The first-order valence-electron chi connectivity index (χ1n) is 5.19. The highest BCUT2D eigenvalue weighted by atomic mass is 35.5. The molecule has 2 aromatic rings. The van der Waals surface area contributed by atoms with Crippen LogP contribution in [0.3, 0.4) is 0 Å². The van der Waals surface area contributed by atoms with Crippen molar-refractivity contribution in [3.05, 3.63) is 47.7 Å². The summed E-state index contributed by atoms with van der Waals surface area (Å²) in [6, 6.07) is 8.70. The number of rotatable bonds is 4. The van der Waals surface area contributed by atoms with E-state index in [1.54, 1.807) is 42.7 Å². The molecule has 1 heterocycles. The molecule has 0 spiro atoms. The molecule has 0 saturated carbocycles. The van der Waals surface area contributed by atoms with Gasteiger partial charge in [0.1, 0.15) is 0 Å². The van der Waals surface area contributed by atoms with E-state index in [1.165, 1.54) is 11.8 Å². The Morgan fingerprint density at radius 1 is 1.22 bits per heavy atom. The summed E-state index contributed by atoms with van der Waals surface area (Å²) in [4.78, 5) is 19.7. The van der Waals surface area contributed by atoms with Crippen LogP contribution in [0.4, 0.5) is 5.69 Å². The van der Waals surface area contributed by atoms with Gasteiger partial charge in [-0.05, 0) is 30.3 Å². The molecule has 0 aliphatic carbocycles. The number of hydrogen-bond donors (Lipinski definition) is 1. The molecule has 2 rings (SSSR count). The van der Waals surface area contributed by atoms with Crippen LogP contribution < -0.4 is 5.32 Å². The van der Waals surface area contributed by atoms with Crippen molar-refractivity contribution in [2.24, 2.45) is 0 Å². The minimum absolute atomic E-state index is 0.102. The van der Waals surface area contributed by atoms with Crippen LogP contribution in [0.2, 0.25) is 5.02 Å². The zero-order chi connectivity index (χ0) is 12.8. The summed E-state index contributed by atoms with van der Waals surface area (Å²) in [7, 11) is 0. The van der Waals surface area contributed by atoms with Crippen LogP contribution in [0, 0.1) is 0 Å². The Morgan fingerprint density at radius 2 is 1.89 bits per heavy atom. The highest BCUT2D eigenvalue weighted by Crippen LogP contribution is 2.15. The number of aromatic nitrogens is 2. The molecule has 0 fully saturated rings. The summed E-state index contributed by atoms with van der Waals surface area (Å²) < 4.78 is 0. The van der Waals surface area contributed by atoms with Crippen LogP contribution in [0.25, 0.3) is 0 Å². The van der Waals surface area contributed by atoms with Crippen molar-refractivity contribution >= 4 is 35.0 Å². The van der Waals surface area contributed by atoms with Crippen molar-refractivity contribution in [1.82, 2.24) is 9.97 Å². The summed E-state index contributed by atoms with van der Waals surface area (Å²) in [5.41, 5.74) is 0.721. The zero-order valence-corrected chi connectivity index (χ0v) is 10.9. The molecule has 1 amide bonds. The van der Waals surface area contributed by atoms with E-state index in [-0.39, 0.29) is 11.7 Å². The summed E-state index contributed by atoms with van der Waals surface area (Å²) in [6.07, 6.45) is 3.29. The van der Waals surface area contributed by atoms with Gasteiger partial charge < -0.3 is 5.32 Å². The van der Waals surface area contributed by atoms with Gasteiger partial charge in [-0.3, -0.25) is 4.79 Å². The molecule has 18 heavy (non-hydrogen) atoms. The smallest absolute Gasteiger partial charge is 0.234 e. The van der Waals surface area contributed by atoms with Crippen molar-refractivity contribution in [1.29, 1.82) is 0 Å². The molecule has 0 radical (unpaired) electrons. The number of benzene rings is 1. The van der Waals surface area contributed by atoms with Crippen LogP contribution >= 0.6 is 23.4 Å². The van der Waals surface area contributed by atoms with Gasteiger partial charge >= 0.3 is 0 Å². The Kier molecular flexibility index (Phi) is 4.55. The molecular formula is C12H10ClN3OS. The lowest BCUT2D eigenvalue weighted by Crippen LogP contribution is -2.14. The van der Waals surface area contributed by atoms with Gasteiger partial charge in [0.05, 0.1) is 5.75 Å². The third kappa shape index (κ3) is 4.01. The molecule has 0 atom stereocenters. The lowest BCUT2D eigenvalue weighted by atomic mass is 10.3. The Balaban J connectivity index is 1.84. The second-order valence-electron chi connectivity index (χ2n) is 3.38. The summed E-state index contributed by atoms with van der Waals surface area (Å²) in [5.74, 6) is 0.168. The van der Waals surface area contributed by atoms with Crippen LogP contribution in [-0.2, 0) is 4.79 Å². The Morgan fingerprint density at radius 3 is 2.56 bits per heavy atom. The molecule has 6 heteroatoms. The largest absolute Gasteiger partial charge is 0.325 e. The molecule has 1 aromatic carbocycles. The van der Waals surface area contributed by atoms with E-state index in [0.29, 0.717) is 10.2 Å². The molecule has 92 valence electrons. The summed E-state index contributed by atoms with van der Waals surface area (Å²) in [5, 5.41) is 3.99. The molecule has 0 saturated heterocycles. The quantitative estimate of drug-likeness (QED) is 0.691. The maximum Gasteiger partial charge on any atom is 0.234 e. The van der Waals surface area contributed by atoms with Gasteiger partial charge in [-0.25, -0.2) is 9.97 Å². The van der Waals surface area contributed by atoms with E-state index in [4.69, 9.17) is 11.6 Å². The summed E-state index contributed by atoms with van der Waals surface area (Å²) in [6.45, 7) is 0. The number of nitrogens with one attached hydrogen (secondary N) is 1. The van der Waals surface area contributed by atoms with Crippen LogP contribution in [0.5, 0.6) is 0 Å². The average molecular weight is 280 g/mol.